The first-order valence-corrected chi connectivity index (χ1v) is 4.86. The summed E-state index contributed by atoms with van der Waals surface area (Å²) in [6.07, 6.45) is -0.800. The zero-order valence-corrected chi connectivity index (χ0v) is 9.23. The van der Waals surface area contributed by atoms with E-state index in [0.29, 0.717) is 0 Å². The lowest BCUT2D eigenvalue weighted by Crippen LogP contribution is -2.13. The summed E-state index contributed by atoms with van der Waals surface area (Å²) >= 11 is 0. The number of nitrogens with zero attached hydrogens (tertiary/aromatic N) is 4. The summed E-state index contributed by atoms with van der Waals surface area (Å²) in [5, 5.41) is 0. The molecule has 5 nitrogen and oxygen atoms in total. The van der Waals surface area contributed by atoms with Crippen LogP contribution in [0, 0.1) is 6.92 Å². The lowest BCUT2D eigenvalue weighted by atomic mass is 10.3. The minimum atomic E-state index is -4.63. The number of nitrogen functional groups attached to an aromatic ring is 1. The third kappa shape index (κ3) is 2.36. The molecule has 0 saturated carbocycles. The van der Waals surface area contributed by atoms with Gasteiger partial charge in [-0.1, -0.05) is 0 Å². The van der Waals surface area contributed by atoms with Crippen molar-refractivity contribution in [2.45, 2.75) is 13.1 Å². The molecule has 0 radical (unpaired) electrons. The largest absolute Gasteiger partial charge is 0.435 e. The van der Waals surface area contributed by atoms with Gasteiger partial charge in [0.1, 0.15) is 0 Å². The Morgan fingerprint density at radius 1 is 1.00 bits per heavy atom. The van der Waals surface area contributed by atoms with Crippen molar-refractivity contribution in [2.24, 2.45) is 0 Å². The Morgan fingerprint density at radius 2 is 1.56 bits per heavy atom. The van der Waals surface area contributed by atoms with Crippen LogP contribution in [-0.2, 0) is 6.18 Å². The van der Waals surface area contributed by atoms with Gasteiger partial charge in [-0.3, -0.25) is 0 Å². The molecule has 2 rings (SSSR count). The Morgan fingerprint density at radius 3 is 2.11 bits per heavy atom. The lowest BCUT2D eigenvalue weighted by Gasteiger charge is -2.09. The fourth-order valence-corrected chi connectivity index (χ4v) is 1.23. The monoisotopic (exact) mass is 255 g/mol. The molecule has 0 bridgehead atoms. The van der Waals surface area contributed by atoms with Gasteiger partial charge in [0.2, 0.25) is 0 Å². The van der Waals surface area contributed by atoms with E-state index in [9.17, 15) is 13.2 Å². The van der Waals surface area contributed by atoms with Crippen LogP contribution in [-0.4, -0.2) is 19.9 Å². The average Bonchev–Trinajstić information content (AvgIpc) is 2.29. The number of aryl methyl sites for hydroxylation is 1. The SMILES string of the molecule is Cc1cnc(-c2ncc(N)c(C(F)(F)F)n2)nc1. The third-order valence-electron chi connectivity index (χ3n) is 2.07. The Balaban J connectivity index is 2.50. The van der Waals surface area contributed by atoms with Crippen LogP contribution in [0.25, 0.3) is 11.6 Å². The van der Waals surface area contributed by atoms with Gasteiger partial charge in [0.25, 0.3) is 0 Å². The van der Waals surface area contributed by atoms with E-state index >= 15 is 0 Å². The van der Waals surface area contributed by atoms with E-state index in [2.05, 4.69) is 19.9 Å². The van der Waals surface area contributed by atoms with E-state index in [1.54, 1.807) is 6.92 Å². The molecule has 0 spiro atoms. The normalized spacial score (nSPS) is 11.6. The molecule has 0 saturated heterocycles. The van der Waals surface area contributed by atoms with Crippen LogP contribution in [0.3, 0.4) is 0 Å². The topological polar surface area (TPSA) is 77.6 Å². The first-order valence-electron chi connectivity index (χ1n) is 4.86. The van der Waals surface area contributed by atoms with Crippen molar-refractivity contribution >= 4 is 5.69 Å². The summed E-state index contributed by atoms with van der Waals surface area (Å²) in [5.41, 5.74) is 4.26. The van der Waals surface area contributed by atoms with Crippen LogP contribution >= 0.6 is 0 Å². The summed E-state index contributed by atoms with van der Waals surface area (Å²) < 4.78 is 37.8. The van der Waals surface area contributed by atoms with Crippen molar-refractivity contribution in [1.82, 2.24) is 19.9 Å². The number of aromatic nitrogens is 4. The third-order valence-corrected chi connectivity index (χ3v) is 2.07. The molecule has 2 aromatic rings. The molecule has 2 aromatic heterocycles. The summed E-state index contributed by atoms with van der Waals surface area (Å²) in [5.74, 6) is -0.192. The van der Waals surface area contributed by atoms with Crippen molar-refractivity contribution in [3.8, 4) is 11.6 Å². The van der Waals surface area contributed by atoms with Crippen LogP contribution < -0.4 is 5.73 Å². The van der Waals surface area contributed by atoms with E-state index in [0.717, 1.165) is 11.8 Å². The smallest absolute Gasteiger partial charge is 0.396 e. The number of alkyl halides is 3. The molecule has 0 aliphatic carbocycles. The number of nitrogens with two attached hydrogens (primary N) is 1. The quantitative estimate of drug-likeness (QED) is 0.841. The molecule has 0 amide bonds. The highest BCUT2D eigenvalue weighted by Crippen LogP contribution is 2.32. The van der Waals surface area contributed by atoms with Gasteiger partial charge in [-0.15, -0.1) is 0 Å². The fourth-order valence-electron chi connectivity index (χ4n) is 1.23. The van der Waals surface area contributed by atoms with Crippen LogP contribution in [0.5, 0.6) is 0 Å². The number of rotatable bonds is 1. The Hall–Kier alpha value is -2.25. The maximum absolute atomic E-state index is 12.6. The Kier molecular flexibility index (Phi) is 2.85. The summed E-state index contributed by atoms with van der Waals surface area (Å²) in [7, 11) is 0. The van der Waals surface area contributed by atoms with E-state index in [-0.39, 0.29) is 11.6 Å². The molecule has 0 atom stereocenters. The molecule has 2 heterocycles. The predicted molar refractivity (Wildman–Crippen MR) is 57.2 cm³/mol. The standard InChI is InChI=1S/C10H8F3N5/c1-5-2-15-8(16-3-5)9-17-4-6(14)7(18-9)10(11,12)13/h2-4H,14H2,1H3. The number of halogens is 3. The fraction of sp³-hybridized carbons (Fsp3) is 0.200. The van der Waals surface area contributed by atoms with Gasteiger partial charge >= 0.3 is 6.18 Å². The molecule has 0 fully saturated rings. The number of hydrogen-bond acceptors (Lipinski definition) is 5. The van der Waals surface area contributed by atoms with Crippen LogP contribution in [0.4, 0.5) is 18.9 Å². The second-order valence-electron chi connectivity index (χ2n) is 3.58. The van der Waals surface area contributed by atoms with Gasteiger partial charge in [-0.25, -0.2) is 19.9 Å². The van der Waals surface area contributed by atoms with Gasteiger partial charge < -0.3 is 5.73 Å². The number of anilines is 1. The van der Waals surface area contributed by atoms with E-state index in [4.69, 9.17) is 5.73 Å². The van der Waals surface area contributed by atoms with Crippen molar-refractivity contribution in [3.63, 3.8) is 0 Å². The molecule has 18 heavy (non-hydrogen) atoms. The zero-order chi connectivity index (χ0) is 13.3. The minimum absolute atomic E-state index is 0.0195. The van der Waals surface area contributed by atoms with Crippen LogP contribution in [0.2, 0.25) is 0 Å². The Bertz CT molecular complexity index is 565. The van der Waals surface area contributed by atoms with Crippen molar-refractivity contribution in [1.29, 1.82) is 0 Å². The van der Waals surface area contributed by atoms with E-state index in [1.807, 2.05) is 0 Å². The second kappa shape index (κ2) is 4.21. The molecule has 0 aliphatic heterocycles. The van der Waals surface area contributed by atoms with Crippen LogP contribution in [0.1, 0.15) is 11.3 Å². The first kappa shape index (κ1) is 12.2. The van der Waals surface area contributed by atoms with Gasteiger partial charge in [0, 0.05) is 12.4 Å². The molecule has 8 heteroatoms. The molecule has 94 valence electrons. The molecule has 0 aliphatic rings. The average molecular weight is 255 g/mol. The Labute approximate surface area is 99.9 Å². The first-order chi connectivity index (χ1) is 8.38. The molecular weight excluding hydrogens is 247 g/mol. The molecule has 0 unspecified atom stereocenters. The highest BCUT2D eigenvalue weighted by Gasteiger charge is 2.35. The summed E-state index contributed by atoms with van der Waals surface area (Å²) in [6.45, 7) is 1.76. The van der Waals surface area contributed by atoms with Crippen molar-refractivity contribution < 1.29 is 13.2 Å². The lowest BCUT2D eigenvalue weighted by molar-refractivity contribution is -0.140. The molecule has 2 N–H and O–H groups in total. The maximum Gasteiger partial charge on any atom is 0.435 e. The molecule has 0 aromatic carbocycles. The highest BCUT2D eigenvalue weighted by atomic mass is 19.4. The van der Waals surface area contributed by atoms with Crippen molar-refractivity contribution in [3.05, 3.63) is 29.8 Å². The highest BCUT2D eigenvalue weighted by molar-refractivity contribution is 5.50. The predicted octanol–water partition coefficient (Wildman–Crippen LogP) is 1.84. The molecular formula is C10H8F3N5. The number of hydrogen-bond donors (Lipinski definition) is 1. The zero-order valence-electron chi connectivity index (χ0n) is 9.23. The van der Waals surface area contributed by atoms with Crippen molar-refractivity contribution in [2.75, 3.05) is 5.73 Å². The van der Waals surface area contributed by atoms with E-state index < -0.39 is 17.6 Å². The van der Waals surface area contributed by atoms with Gasteiger partial charge in [-0.05, 0) is 12.5 Å². The van der Waals surface area contributed by atoms with Gasteiger partial charge in [0.15, 0.2) is 17.3 Å². The van der Waals surface area contributed by atoms with Gasteiger partial charge in [-0.2, -0.15) is 13.2 Å². The van der Waals surface area contributed by atoms with E-state index in [1.165, 1.54) is 12.4 Å². The summed E-state index contributed by atoms with van der Waals surface area (Å²) in [4.78, 5) is 14.8. The minimum Gasteiger partial charge on any atom is -0.396 e. The van der Waals surface area contributed by atoms with Crippen LogP contribution in [0.15, 0.2) is 18.6 Å². The summed E-state index contributed by atoms with van der Waals surface area (Å²) in [6, 6.07) is 0. The van der Waals surface area contributed by atoms with Gasteiger partial charge in [0.05, 0.1) is 11.9 Å². The maximum atomic E-state index is 12.6. The second-order valence-corrected chi connectivity index (χ2v) is 3.58.